The maximum atomic E-state index is 14.3. The van der Waals surface area contributed by atoms with Crippen molar-refractivity contribution in [2.45, 2.75) is 57.4 Å². The number of hydrogen-bond acceptors (Lipinski definition) is 3. The van der Waals surface area contributed by atoms with Crippen LogP contribution in [0.3, 0.4) is 0 Å². The van der Waals surface area contributed by atoms with Crippen molar-refractivity contribution in [1.82, 2.24) is 15.1 Å². The molecule has 6 nitrogen and oxygen atoms in total. The quantitative estimate of drug-likeness (QED) is 0.846. The van der Waals surface area contributed by atoms with Crippen LogP contribution in [-0.4, -0.2) is 32.3 Å². The van der Waals surface area contributed by atoms with Gasteiger partial charge >= 0.3 is 5.97 Å². The minimum atomic E-state index is -0.885. The number of carboxylic acids is 1. The minimum Gasteiger partial charge on any atom is -0.481 e. The van der Waals surface area contributed by atoms with Crippen molar-refractivity contribution in [2.24, 2.45) is 5.92 Å². The highest BCUT2D eigenvalue weighted by Gasteiger charge is 2.43. The second kappa shape index (κ2) is 7.04. The molecule has 2 aliphatic rings. The van der Waals surface area contributed by atoms with Crippen LogP contribution in [0.2, 0.25) is 0 Å². The summed E-state index contributed by atoms with van der Waals surface area (Å²) >= 11 is 0. The summed E-state index contributed by atoms with van der Waals surface area (Å²) in [6, 6.07) is 6.37. The molecule has 1 saturated carbocycles. The molecule has 28 heavy (non-hydrogen) atoms. The predicted octanol–water partition coefficient (Wildman–Crippen LogP) is 3.26. The molecule has 0 aliphatic heterocycles. The highest BCUT2D eigenvalue weighted by molar-refractivity contribution is 5.95. The average molecular weight is 385 g/mol. The van der Waals surface area contributed by atoms with Gasteiger partial charge in [0.1, 0.15) is 11.5 Å². The number of nitrogens with zero attached hydrogens (tertiary/aromatic N) is 2. The molecule has 2 N–H and O–H groups in total. The normalized spacial score (nSPS) is 24.0. The maximum Gasteiger partial charge on any atom is 0.308 e. The number of aromatic nitrogens is 2. The highest BCUT2D eigenvalue weighted by atomic mass is 19.1. The first-order valence-electron chi connectivity index (χ1n) is 9.82. The molecule has 0 bridgehead atoms. The Hall–Kier alpha value is -2.70. The van der Waals surface area contributed by atoms with E-state index in [9.17, 15) is 19.1 Å². The van der Waals surface area contributed by atoms with Gasteiger partial charge in [0.2, 0.25) is 0 Å². The Kier molecular flexibility index (Phi) is 4.69. The number of para-hydroxylation sites is 1. The molecule has 1 fully saturated rings. The largest absolute Gasteiger partial charge is 0.481 e. The van der Waals surface area contributed by atoms with Gasteiger partial charge in [-0.2, -0.15) is 5.10 Å². The first kappa shape index (κ1) is 18.7. The van der Waals surface area contributed by atoms with Gasteiger partial charge in [0, 0.05) is 11.3 Å². The minimum absolute atomic E-state index is 0.284. The number of halogens is 1. The number of nitrogens with one attached hydrogen (secondary N) is 1. The number of hydrogen-bond donors (Lipinski definition) is 2. The number of rotatable bonds is 4. The van der Waals surface area contributed by atoms with Crippen molar-refractivity contribution in [3.8, 4) is 5.69 Å². The summed E-state index contributed by atoms with van der Waals surface area (Å²) in [5.41, 5.74) is 1.50. The molecular weight excluding hydrogens is 361 g/mol. The fraction of sp³-hybridized carbons (Fsp3) is 0.476. The van der Waals surface area contributed by atoms with E-state index in [4.69, 9.17) is 0 Å². The summed E-state index contributed by atoms with van der Waals surface area (Å²) < 4.78 is 15.8. The van der Waals surface area contributed by atoms with Crippen molar-refractivity contribution < 1.29 is 19.1 Å². The van der Waals surface area contributed by atoms with Crippen LogP contribution in [0, 0.1) is 11.7 Å². The van der Waals surface area contributed by atoms with Gasteiger partial charge < -0.3 is 10.4 Å². The lowest BCUT2D eigenvalue weighted by molar-refractivity contribution is -0.145. The van der Waals surface area contributed by atoms with E-state index in [2.05, 4.69) is 10.4 Å². The van der Waals surface area contributed by atoms with Crippen molar-refractivity contribution in [3.05, 3.63) is 47.0 Å². The van der Waals surface area contributed by atoms with E-state index in [0.717, 1.165) is 36.9 Å². The Bertz CT molecular complexity index is 939. The van der Waals surface area contributed by atoms with Crippen LogP contribution < -0.4 is 5.32 Å². The van der Waals surface area contributed by atoms with Gasteiger partial charge in [-0.05, 0) is 51.2 Å². The lowest BCUT2D eigenvalue weighted by atomic mass is 9.74. The first-order chi connectivity index (χ1) is 13.4. The molecule has 7 heteroatoms. The molecule has 0 radical (unpaired) electrons. The second-order valence-corrected chi connectivity index (χ2v) is 8.00. The van der Waals surface area contributed by atoms with Gasteiger partial charge in [0.15, 0.2) is 5.69 Å². The molecule has 4 rings (SSSR count). The van der Waals surface area contributed by atoms with Crippen LogP contribution in [0.25, 0.3) is 5.69 Å². The molecule has 1 aromatic carbocycles. The number of benzene rings is 1. The summed E-state index contributed by atoms with van der Waals surface area (Å²) in [5.74, 6) is -2.27. The molecule has 0 spiro atoms. The van der Waals surface area contributed by atoms with Crippen molar-refractivity contribution >= 4 is 11.9 Å². The van der Waals surface area contributed by atoms with Gasteiger partial charge in [-0.1, -0.05) is 25.0 Å². The number of carbonyl (C=O) groups is 2. The number of fused-ring (bicyclic) bond motifs is 1. The van der Waals surface area contributed by atoms with Crippen molar-refractivity contribution in [3.63, 3.8) is 0 Å². The van der Waals surface area contributed by atoms with Crippen LogP contribution in [0.1, 0.15) is 60.8 Å². The SMILES string of the molecule is CC1(NC(=O)c2nn(-c3ccccc3F)c3c2CCC3)CCCCC1C(=O)O. The van der Waals surface area contributed by atoms with Gasteiger partial charge in [-0.3, -0.25) is 9.59 Å². The Balaban J connectivity index is 1.68. The summed E-state index contributed by atoms with van der Waals surface area (Å²) in [6.45, 7) is 1.80. The zero-order valence-electron chi connectivity index (χ0n) is 15.9. The van der Waals surface area contributed by atoms with Crippen LogP contribution in [0.15, 0.2) is 24.3 Å². The third kappa shape index (κ3) is 3.08. The third-order valence-electron chi connectivity index (χ3n) is 6.13. The fourth-order valence-electron chi connectivity index (χ4n) is 4.64. The molecule has 148 valence electrons. The van der Waals surface area contributed by atoms with E-state index in [-0.39, 0.29) is 11.6 Å². The predicted molar refractivity (Wildman–Crippen MR) is 101 cm³/mol. The molecule has 1 heterocycles. The first-order valence-corrected chi connectivity index (χ1v) is 9.82. The molecule has 0 saturated heterocycles. The van der Waals surface area contributed by atoms with Gasteiger partial charge in [0.05, 0.1) is 11.5 Å². The van der Waals surface area contributed by atoms with Gasteiger partial charge in [0.25, 0.3) is 5.91 Å². The summed E-state index contributed by atoms with van der Waals surface area (Å²) in [4.78, 5) is 24.8. The van der Waals surface area contributed by atoms with Crippen LogP contribution in [0.4, 0.5) is 4.39 Å². The zero-order chi connectivity index (χ0) is 19.9. The van der Waals surface area contributed by atoms with E-state index in [1.165, 1.54) is 10.7 Å². The highest BCUT2D eigenvalue weighted by Crippen LogP contribution is 2.35. The Morgan fingerprint density at radius 3 is 2.79 bits per heavy atom. The second-order valence-electron chi connectivity index (χ2n) is 8.00. The van der Waals surface area contributed by atoms with E-state index < -0.39 is 23.2 Å². The lowest BCUT2D eigenvalue weighted by Gasteiger charge is -2.39. The summed E-state index contributed by atoms with van der Waals surface area (Å²) in [7, 11) is 0. The number of amides is 1. The van der Waals surface area contributed by atoms with E-state index in [1.54, 1.807) is 25.1 Å². The van der Waals surface area contributed by atoms with Crippen LogP contribution in [-0.2, 0) is 17.6 Å². The molecule has 1 aromatic heterocycles. The van der Waals surface area contributed by atoms with Crippen LogP contribution >= 0.6 is 0 Å². The monoisotopic (exact) mass is 385 g/mol. The molecule has 2 aromatic rings. The van der Waals surface area contributed by atoms with Gasteiger partial charge in [-0.25, -0.2) is 9.07 Å². The zero-order valence-corrected chi connectivity index (χ0v) is 15.9. The fourth-order valence-corrected chi connectivity index (χ4v) is 4.64. The van der Waals surface area contributed by atoms with Crippen molar-refractivity contribution in [2.75, 3.05) is 0 Å². The van der Waals surface area contributed by atoms with E-state index in [0.29, 0.717) is 24.9 Å². The average Bonchev–Trinajstić information content (AvgIpc) is 3.24. The lowest BCUT2D eigenvalue weighted by Crippen LogP contribution is -2.55. The topological polar surface area (TPSA) is 84.2 Å². The van der Waals surface area contributed by atoms with Crippen LogP contribution in [0.5, 0.6) is 0 Å². The summed E-state index contributed by atoms with van der Waals surface area (Å²) in [6.07, 6.45) is 5.23. The molecule has 2 atom stereocenters. The van der Waals surface area contributed by atoms with Crippen molar-refractivity contribution in [1.29, 1.82) is 0 Å². The Labute approximate surface area is 162 Å². The molecular formula is C21H24FN3O3. The number of carbonyl (C=O) groups excluding carboxylic acids is 1. The molecule has 2 unspecified atom stereocenters. The Morgan fingerprint density at radius 1 is 1.25 bits per heavy atom. The molecule has 2 aliphatic carbocycles. The maximum absolute atomic E-state index is 14.3. The smallest absolute Gasteiger partial charge is 0.308 e. The van der Waals surface area contributed by atoms with E-state index >= 15 is 0 Å². The Morgan fingerprint density at radius 2 is 2.04 bits per heavy atom. The molecule has 1 amide bonds. The standard InChI is InChI=1S/C21H24FN3O3/c1-21(12-5-4-8-14(21)20(27)28)23-19(26)18-13-7-6-11-16(13)25(24-18)17-10-3-2-9-15(17)22/h2-3,9-10,14H,4-8,11-12H2,1H3,(H,23,26)(H,27,28). The van der Waals surface area contributed by atoms with Gasteiger partial charge in [-0.15, -0.1) is 0 Å². The summed E-state index contributed by atoms with van der Waals surface area (Å²) in [5, 5.41) is 17.0. The van der Waals surface area contributed by atoms with E-state index in [1.807, 2.05) is 0 Å². The third-order valence-corrected chi connectivity index (χ3v) is 6.13. The number of carboxylic acid groups (broad SMARTS) is 1. The number of aliphatic carboxylic acids is 1.